The zero-order chi connectivity index (χ0) is 25.4. The monoisotopic (exact) mass is 500 g/mol. The number of rotatable bonds is 6. The molecule has 1 heterocycles. The topological polar surface area (TPSA) is 72.2 Å². The minimum atomic E-state index is -0.423. The van der Waals surface area contributed by atoms with E-state index in [9.17, 15) is 14.9 Å². The largest absolute Gasteiger partial charge is 0.347 e. The number of para-hydroxylation sites is 1. The highest BCUT2D eigenvalue weighted by atomic mass is 32.1. The Hall–Kier alpha value is -4.81. The fraction of sp³-hybridized carbons (Fsp3) is 0. The molecule has 178 valence electrons. The lowest BCUT2D eigenvalue weighted by Crippen LogP contribution is -2.07. The van der Waals surface area contributed by atoms with Crippen LogP contribution in [0.4, 0.5) is 16.4 Å². The lowest BCUT2D eigenvalue weighted by molar-refractivity contribution is -0.384. The third-order valence-corrected chi connectivity index (χ3v) is 7.33. The first-order chi connectivity index (χ1) is 18.1. The molecule has 37 heavy (non-hydrogen) atoms. The second-order valence-corrected chi connectivity index (χ2v) is 9.55. The number of nitro benzene ring substituents is 1. The fourth-order valence-electron chi connectivity index (χ4n) is 4.69. The molecule has 6 heteroatoms. The fourth-order valence-corrected chi connectivity index (χ4v) is 5.67. The van der Waals surface area contributed by atoms with E-state index in [0.717, 1.165) is 43.4 Å². The molecule has 0 fully saturated rings. The number of nitrogens with zero attached hydrogens (tertiary/aromatic N) is 1. The van der Waals surface area contributed by atoms with E-state index in [1.54, 1.807) is 12.1 Å². The highest BCUT2D eigenvalue weighted by Gasteiger charge is 2.25. The quantitative estimate of drug-likeness (QED) is 0.108. The van der Waals surface area contributed by atoms with E-state index >= 15 is 0 Å². The first kappa shape index (κ1) is 22.6. The van der Waals surface area contributed by atoms with E-state index in [-0.39, 0.29) is 11.5 Å². The van der Waals surface area contributed by atoms with Crippen molar-refractivity contribution in [1.29, 1.82) is 0 Å². The molecule has 0 saturated carbocycles. The van der Waals surface area contributed by atoms with E-state index in [0.29, 0.717) is 11.1 Å². The number of carbonyl (C=O) groups is 1. The van der Waals surface area contributed by atoms with Crippen LogP contribution in [0.5, 0.6) is 0 Å². The van der Waals surface area contributed by atoms with Crippen molar-refractivity contribution in [2.24, 2.45) is 0 Å². The molecule has 1 aromatic heterocycles. The minimum absolute atomic E-state index is 0.00883. The van der Waals surface area contributed by atoms with Crippen molar-refractivity contribution in [2.75, 3.05) is 5.32 Å². The maximum Gasteiger partial charge on any atom is 0.269 e. The van der Waals surface area contributed by atoms with Gasteiger partial charge in [-0.2, -0.15) is 0 Å². The van der Waals surface area contributed by atoms with E-state index in [4.69, 9.17) is 0 Å². The molecule has 0 saturated heterocycles. The van der Waals surface area contributed by atoms with E-state index < -0.39 is 4.92 Å². The van der Waals surface area contributed by atoms with Crippen LogP contribution in [-0.4, -0.2) is 10.7 Å². The summed E-state index contributed by atoms with van der Waals surface area (Å²) in [4.78, 5) is 25.4. The predicted molar refractivity (Wildman–Crippen MR) is 151 cm³/mol. The Morgan fingerprint density at radius 1 is 0.730 bits per heavy atom. The van der Waals surface area contributed by atoms with E-state index in [1.165, 1.54) is 23.5 Å². The van der Waals surface area contributed by atoms with Crippen LogP contribution in [0.15, 0.2) is 115 Å². The van der Waals surface area contributed by atoms with Crippen LogP contribution >= 0.6 is 11.3 Å². The number of anilines is 2. The van der Waals surface area contributed by atoms with Gasteiger partial charge in [-0.05, 0) is 57.4 Å². The zero-order valence-electron chi connectivity index (χ0n) is 19.5. The summed E-state index contributed by atoms with van der Waals surface area (Å²) < 4.78 is 0. The number of hydrogen-bond acceptors (Lipinski definition) is 5. The molecule has 0 unspecified atom stereocenters. The number of hydrogen-bond donors (Lipinski definition) is 1. The van der Waals surface area contributed by atoms with Crippen LogP contribution in [-0.2, 0) is 0 Å². The van der Waals surface area contributed by atoms with Gasteiger partial charge in [-0.25, -0.2) is 0 Å². The van der Waals surface area contributed by atoms with Gasteiger partial charge in [0.05, 0.1) is 10.5 Å². The average molecular weight is 501 g/mol. The summed E-state index contributed by atoms with van der Waals surface area (Å²) in [6, 6.07) is 34.0. The zero-order valence-corrected chi connectivity index (χ0v) is 20.4. The lowest BCUT2D eigenvalue weighted by Gasteiger charge is -2.14. The van der Waals surface area contributed by atoms with Gasteiger partial charge in [-0.1, -0.05) is 66.7 Å². The van der Waals surface area contributed by atoms with Crippen molar-refractivity contribution in [3.8, 4) is 11.1 Å². The van der Waals surface area contributed by atoms with Crippen molar-refractivity contribution in [3.05, 3.63) is 136 Å². The summed E-state index contributed by atoms with van der Waals surface area (Å²) in [6.07, 6.45) is 0. The van der Waals surface area contributed by atoms with Crippen LogP contribution in [0, 0.1) is 10.1 Å². The summed E-state index contributed by atoms with van der Waals surface area (Å²) in [5.41, 5.74) is 3.55. The molecule has 0 bridgehead atoms. The molecule has 0 aliphatic carbocycles. The number of benzene rings is 5. The van der Waals surface area contributed by atoms with Gasteiger partial charge in [0.1, 0.15) is 5.00 Å². The molecule has 0 radical (unpaired) electrons. The van der Waals surface area contributed by atoms with Crippen molar-refractivity contribution < 1.29 is 9.72 Å². The Kier molecular flexibility index (Phi) is 5.71. The van der Waals surface area contributed by atoms with Crippen LogP contribution in [0.1, 0.15) is 15.9 Å². The van der Waals surface area contributed by atoms with Crippen molar-refractivity contribution >= 4 is 55.0 Å². The summed E-state index contributed by atoms with van der Waals surface area (Å²) >= 11 is 1.44. The summed E-state index contributed by atoms with van der Waals surface area (Å²) in [5, 5.41) is 21.1. The number of ketones is 1. The molecule has 0 aliphatic rings. The number of fused-ring (bicyclic) bond motifs is 2. The normalized spacial score (nSPS) is 11.0. The molecule has 6 rings (SSSR count). The van der Waals surface area contributed by atoms with E-state index in [1.807, 2.05) is 84.2 Å². The van der Waals surface area contributed by atoms with Crippen LogP contribution in [0.3, 0.4) is 0 Å². The van der Waals surface area contributed by atoms with Crippen LogP contribution < -0.4 is 5.32 Å². The lowest BCUT2D eigenvalue weighted by atomic mass is 9.90. The highest BCUT2D eigenvalue weighted by molar-refractivity contribution is 7.15. The molecule has 0 atom stereocenters. The molecule has 6 aromatic rings. The second-order valence-electron chi connectivity index (χ2n) is 8.67. The van der Waals surface area contributed by atoms with Gasteiger partial charge in [0.25, 0.3) is 5.69 Å². The summed E-state index contributed by atoms with van der Waals surface area (Å²) in [5.74, 6) is -0.0963. The predicted octanol–water partition coefficient (Wildman–Crippen LogP) is 8.60. The smallest absolute Gasteiger partial charge is 0.269 e. The number of nitro groups is 1. The number of nitrogens with one attached hydrogen (secondary N) is 1. The maximum absolute atomic E-state index is 14.6. The SMILES string of the molecule is O=C(c1c(-c2ccc([N+](=O)[O-])cc2)csc1Nc1ccccc1)c1c2ccccc2cc2ccccc12. The molecule has 0 aliphatic heterocycles. The maximum atomic E-state index is 14.6. The Morgan fingerprint density at radius 2 is 1.32 bits per heavy atom. The van der Waals surface area contributed by atoms with Gasteiger partial charge in [0.15, 0.2) is 5.78 Å². The van der Waals surface area contributed by atoms with Gasteiger partial charge < -0.3 is 5.32 Å². The molecular weight excluding hydrogens is 480 g/mol. The van der Waals surface area contributed by atoms with Crippen molar-refractivity contribution in [2.45, 2.75) is 0 Å². The first-order valence-electron chi connectivity index (χ1n) is 11.7. The van der Waals surface area contributed by atoms with Gasteiger partial charge in [0, 0.05) is 34.3 Å². The molecule has 5 aromatic carbocycles. The van der Waals surface area contributed by atoms with E-state index in [2.05, 4.69) is 11.4 Å². The van der Waals surface area contributed by atoms with Crippen LogP contribution in [0.25, 0.3) is 32.7 Å². The van der Waals surface area contributed by atoms with Crippen molar-refractivity contribution in [3.63, 3.8) is 0 Å². The molecule has 0 spiro atoms. The molecule has 0 amide bonds. The van der Waals surface area contributed by atoms with Gasteiger partial charge >= 0.3 is 0 Å². The third-order valence-electron chi connectivity index (χ3n) is 6.44. The Morgan fingerprint density at radius 3 is 1.95 bits per heavy atom. The van der Waals surface area contributed by atoms with Gasteiger partial charge in [0.2, 0.25) is 0 Å². The first-order valence-corrected chi connectivity index (χ1v) is 12.6. The number of non-ortho nitro benzene ring substituents is 1. The molecule has 5 nitrogen and oxygen atoms in total. The summed E-state index contributed by atoms with van der Waals surface area (Å²) in [7, 11) is 0. The van der Waals surface area contributed by atoms with Gasteiger partial charge in [-0.3, -0.25) is 14.9 Å². The standard InChI is InChI=1S/C31H20N2O3S/c34-30(28-25-12-6-4-8-21(25)18-22-9-5-7-13-26(22)28)29-27(20-14-16-24(17-15-20)33(35)36)19-37-31(29)32-23-10-2-1-3-11-23/h1-19,32H. The summed E-state index contributed by atoms with van der Waals surface area (Å²) in [6.45, 7) is 0. The molecular formula is C31H20N2O3S. The third kappa shape index (κ3) is 4.13. The second kappa shape index (κ2) is 9.33. The number of carbonyl (C=O) groups excluding carboxylic acids is 1. The Balaban J connectivity index is 1.59. The van der Waals surface area contributed by atoms with Gasteiger partial charge in [-0.15, -0.1) is 11.3 Å². The van der Waals surface area contributed by atoms with Crippen molar-refractivity contribution in [1.82, 2.24) is 0 Å². The molecule has 1 N–H and O–H groups in total. The average Bonchev–Trinajstić information content (AvgIpc) is 3.35. The number of thiophene rings is 1. The highest BCUT2D eigenvalue weighted by Crippen LogP contribution is 2.41. The Bertz CT molecular complexity index is 1740. The minimum Gasteiger partial charge on any atom is -0.347 e. The van der Waals surface area contributed by atoms with Crippen LogP contribution in [0.2, 0.25) is 0 Å². The Labute approximate surface area is 216 Å².